The molecule has 40 heavy (non-hydrogen) atoms. The number of alkyl halides is 3. The van der Waals surface area contributed by atoms with Gasteiger partial charge in [-0.2, -0.15) is 23.3 Å². The fourth-order valence-electron chi connectivity index (χ4n) is 4.44. The average molecular weight is 554 g/mol. The number of rotatable bonds is 7. The Morgan fingerprint density at radius 3 is 2.38 bits per heavy atom. The molecule has 0 spiro atoms. The number of ether oxygens (including phenoxy) is 2. The maximum Gasteiger partial charge on any atom is 0.471 e. The molecule has 0 unspecified atom stereocenters. The van der Waals surface area contributed by atoms with Gasteiger partial charge in [0.1, 0.15) is 17.3 Å². The third-order valence-electron chi connectivity index (χ3n) is 6.42. The summed E-state index contributed by atoms with van der Waals surface area (Å²) in [5, 5.41) is 10.7. The Labute approximate surface area is 227 Å². The number of carbonyl (C=O) groups is 1. The van der Waals surface area contributed by atoms with Crippen molar-refractivity contribution in [2.24, 2.45) is 7.05 Å². The number of aromatic nitrogens is 4. The third-order valence-corrected chi connectivity index (χ3v) is 6.42. The molecule has 4 aromatic rings. The second-order valence-corrected chi connectivity index (χ2v) is 9.17. The molecule has 0 radical (unpaired) electrons. The normalized spacial score (nSPS) is 13.0. The molecule has 5 rings (SSSR count). The highest BCUT2D eigenvalue weighted by atomic mass is 19.4. The second kappa shape index (κ2) is 10.8. The van der Waals surface area contributed by atoms with Gasteiger partial charge in [-0.25, -0.2) is 4.98 Å². The number of benzene rings is 2. The van der Waals surface area contributed by atoms with Gasteiger partial charge in [-0.05, 0) is 29.7 Å². The lowest BCUT2D eigenvalue weighted by Gasteiger charge is -2.29. The number of anilines is 4. The van der Waals surface area contributed by atoms with Crippen molar-refractivity contribution in [1.29, 1.82) is 0 Å². The van der Waals surface area contributed by atoms with Gasteiger partial charge in [0, 0.05) is 73.2 Å². The van der Waals surface area contributed by atoms with Crippen LogP contribution < -0.4 is 20.1 Å². The lowest BCUT2D eigenvalue weighted by molar-refractivity contribution is -0.186. The number of methoxy groups -OCH3 is 2. The molecular weight excluding hydrogens is 527 g/mol. The Kier molecular flexibility index (Phi) is 7.20. The average Bonchev–Trinajstić information content (AvgIpc) is 3.37. The molecule has 0 atom stereocenters. The van der Waals surface area contributed by atoms with Crippen LogP contribution in [0.2, 0.25) is 0 Å². The molecule has 2 aromatic carbocycles. The smallest absolute Gasteiger partial charge is 0.471 e. The maximum atomic E-state index is 13.0. The SMILES string of the molecule is COc1cc(Nc2ncc(-c3cnn(C)c3)c(Nc3ccc4c(c3)CN(C(=O)C(F)(F)F)CC4)n2)cc(OC)c1. The van der Waals surface area contributed by atoms with Gasteiger partial charge in [0.25, 0.3) is 0 Å². The van der Waals surface area contributed by atoms with Gasteiger partial charge >= 0.3 is 12.1 Å². The summed E-state index contributed by atoms with van der Waals surface area (Å²) in [4.78, 5) is 21.8. The van der Waals surface area contributed by atoms with E-state index in [-0.39, 0.29) is 19.0 Å². The van der Waals surface area contributed by atoms with Crippen LogP contribution in [0.5, 0.6) is 11.5 Å². The number of nitrogens with one attached hydrogen (secondary N) is 2. The summed E-state index contributed by atoms with van der Waals surface area (Å²) in [6.45, 7) is -0.119. The van der Waals surface area contributed by atoms with E-state index in [4.69, 9.17) is 9.47 Å². The number of nitrogens with zero attached hydrogens (tertiary/aromatic N) is 5. The molecule has 0 fully saturated rings. The van der Waals surface area contributed by atoms with E-state index in [1.165, 1.54) is 0 Å². The zero-order valence-corrected chi connectivity index (χ0v) is 21.9. The van der Waals surface area contributed by atoms with Crippen LogP contribution in [0, 0.1) is 0 Å². The summed E-state index contributed by atoms with van der Waals surface area (Å²) in [6.07, 6.45) is 0.566. The zero-order chi connectivity index (χ0) is 28.4. The molecule has 10 nitrogen and oxygen atoms in total. The van der Waals surface area contributed by atoms with Crippen LogP contribution >= 0.6 is 0 Å². The van der Waals surface area contributed by atoms with E-state index in [0.29, 0.717) is 46.2 Å². The summed E-state index contributed by atoms with van der Waals surface area (Å²) in [7, 11) is 4.90. The van der Waals surface area contributed by atoms with Crippen LogP contribution in [0.3, 0.4) is 0 Å². The Hall–Kier alpha value is -4.81. The van der Waals surface area contributed by atoms with Gasteiger partial charge in [-0.3, -0.25) is 9.48 Å². The van der Waals surface area contributed by atoms with Crippen molar-refractivity contribution in [2.75, 3.05) is 31.4 Å². The summed E-state index contributed by atoms with van der Waals surface area (Å²) in [5.41, 5.74) is 4.18. The molecule has 3 heterocycles. The molecule has 13 heteroatoms. The first-order valence-corrected chi connectivity index (χ1v) is 12.2. The van der Waals surface area contributed by atoms with Crippen molar-refractivity contribution < 1.29 is 27.4 Å². The van der Waals surface area contributed by atoms with Crippen molar-refractivity contribution in [2.45, 2.75) is 19.1 Å². The first-order chi connectivity index (χ1) is 19.1. The van der Waals surface area contributed by atoms with Gasteiger partial charge in [0.2, 0.25) is 5.95 Å². The summed E-state index contributed by atoms with van der Waals surface area (Å²) < 4.78 is 51.4. The summed E-state index contributed by atoms with van der Waals surface area (Å²) >= 11 is 0. The number of fused-ring (bicyclic) bond motifs is 1. The number of halogens is 3. The second-order valence-electron chi connectivity index (χ2n) is 9.17. The van der Waals surface area contributed by atoms with Gasteiger partial charge in [0.15, 0.2) is 0 Å². The van der Waals surface area contributed by atoms with Crippen LogP contribution in [0.15, 0.2) is 55.0 Å². The minimum absolute atomic E-state index is 0.0132. The van der Waals surface area contributed by atoms with Crippen LogP contribution in [0.4, 0.5) is 36.3 Å². The van der Waals surface area contributed by atoms with Crippen LogP contribution in [0.1, 0.15) is 11.1 Å². The largest absolute Gasteiger partial charge is 0.497 e. The van der Waals surface area contributed by atoms with Crippen molar-refractivity contribution in [3.63, 3.8) is 0 Å². The predicted octanol–water partition coefficient (Wildman–Crippen LogP) is 4.83. The van der Waals surface area contributed by atoms with E-state index in [1.54, 1.807) is 62.6 Å². The van der Waals surface area contributed by atoms with Crippen molar-refractivity contribution in [1.82, 2.24) is 24.6 Å². The van der Waals surface area contributed by atoms with Crippen molar-refractivity contribution in [3.8, 4) is 22.6 Å². The lowest BCUT2D eigenvalue weighted by Crippen LogP contribution is -2.43. The van der Waals surface area contributed by atoms with Crippen LogP contribution in [-0.4, -0.2) is 57.5 Å². The highest BCUT2D eigenvalue weighted by Crippen LogP contribution is 2.33. The molecule has 1 aliphatic heterocycles. The van der Waals surface area contributed by atoms with Gasteiger partial charge in [-0.15, -0.1) is 0 Å². The maximum absolute atomic E-state index is 13.0. The van der Waals surface area contributed by atoms with E-state index >= 15 is 0 Å². The highest BCUT2D eigenvalue weighted by Gasteiger charge is 2.43. The van der Waals surface area contributed by atoms with Gasteiger partial charge in [-0.1, -0.05) is 6.07 Å². The number of hydrogen-bond donors (Lipinski definition) is 2. The van der Waals surface area contributed by atoms with E-state index in [2.05, 4.69) is 25.7 Å². The molecule has 0 saturated heterocycles. The predicted molar refractivity (Wildman–Crippen MR) is 142 cm³/mol. The number of amides is 1. The van der Waals surface area contributed by atoms with Crippen molar-refractivity contribution in [3.05, 3.63) is 66.1 Å². The van der Waals surface area contributed by atoms with Crippen molar-refractivity contribution >= 4 is 29.0 Å². The Balaban J connectivity index is 1.46. The molecule has 2 aromatic heterocycles. The fourth-order valence-corrected chi connectivity index (χ4v) is 4.44. The van der Waals surface area contributed by atoms with E-state index in [9.17, 15) is 18.0 Å². The third kappa shape index (κ3) is 5.77. The van der Waals surface area contributed by atoms with Crippen LogP contribution in [0.25, 0.3) is 11.1 Å². The summed E-state index contributed by atoms with van der Waals surface area (Å²) in [5.74, 6) is 0.0549. The molecule has 0 saturated carbocycles. The molecule has 208 valence electrons. The first kappa shape index (κ1) is 26.8. The van der Waals surface area contributed by atoms with Gasteiger partial charge in [0.05, 0.1) is 20.4 Å². The number of carbonyl (C=O) groups excluding carboxylic acids is 1. The number of aryl methyl sites for hydroxylation is 1. The monoisotopic (exact) mass is 553 g/mol. The zero-order valence-electron chi connectivity index (χ0n) is 21.9. The Morgan fingerprint density at radius 2 is 1.73 bits per heavy atom. The minimum Gasteiger partial charge on any atom is -0.497 e. The standard InChI is InChI=1S/C27H26F3N7O3/c1-36-14-18(12-32-36)23-13-31-26(34-20-9-21(39-2)11-22(10-20)40-3)35-24(23)33-19-5-4-16-6-7-37(15-17(16)8-19)25(38)27(28,29)30/h4-5,8-14H,6-7,15H2,1-3H3,(H2,31,33,34,35). The first-order valence-electron chi connectivity index (χ1n) is 12.2. The molecule has 1 aliphatic rings. The van der Waals surface area contributed by atoms with E-state index in [0.717, 1.165) is 16.0 Å². The van der Waals surface area contributed by atoms with E-state index in [1.807, 2.05) is 18.3 Å². The molecule has 2 N–H and O–H groups in total. The minimum atomic E-state index is -4.91. The topological polar surface area (TPSA) is 106 Å². The number of hydrogen-bond acceptors (Lipinski definition) is 8. The molecular formula is C27H26F3N7O3. The van der Waals surface area contributed by atoms with Gasteiger partial charge < -0.3 is 25.0 Å². The summed E-state index contributed by atoms with van der Waals surface area (Å²) in [6, 6.07) is 10.7. The lowest BCUT2D eigenvalue weighted by atomic mass is 9.99. The molecule has 0 bridgehead atoms. The quantitative estimate of drug-likeness (QED) is 0.335. The Bertz CT molecular complexity index is 1530. The Morgan fingerprint density at radius 1 is 0.975 bits per heavy atom. The molecule has 1 amide bonds. The van der Waals surface area contributed by atoms with Crippen LogP contribution in [-0.2, 0) is 24.8 Å². The molecule has 0 aliphatic carbocycles. The highest BCUT2D eigenvalue weighted by molar-refractivity contribution is 5.82. The van der Waals surface area contributed by atoms with E-state index < -0.39 is 12.1 Å². The fraction of sp³-hybridized carbons (Fsp3) is 0.259.